The minimum atomic E-state index is 0.114. The molecule has 2 rings (SSSR count). The molecule has 2 heterocycles. The van der Waals surface area contributed by atoms with Gasteiger partial charge in [0.15, 0.2) is 0 Å². The molecule has 0 spiro atoms. The van der Waals surface area contributed by atoms with E-state index in [1.165, 1.54) is 13.3 Å². The highest BCUT2D eigenvalue weighted by Gasteiger charge is 2.01. The highest BCUT2D eigenvalue weighted by atomic mass is 16.5. The van der Waals surface area contributed by atoms with Crippen LogP contribution in [0.2, 0.25) is 0 Å². The molecule has 5 nitrogen and oxygen atoms in total. The lowest BCUT2D eigenvalue weighted by atomic mass is 10.1. The van der Waals surface area contributed by atoms with E-state index in [1.54, 1.807) is 24.7 Å². The summed E-state index contributed by atoms with van der Waals surface area (Å²) in [4.78, 5) is 11.8. The summed E-state index contributed by atoms with van der Waals surface area (Å²) >= 11 is 0. The van der Waals surface area contributed by atoms with Crippen LogP contribution in [0.1, 0.15) is 0 Å². The van der Waals surface area contributed by atoms with Gasteiger partial charge in [-0.2, -0.15) is 0 Å². The zero-order valence-corrected chi connectivity index (χ0v) is 8.08. The summed E-state index contributed by atoms with van der Waals surface area (Å²) in [7, 11) is 1.50. The molecule has 0 saturated carbocycles. The molecule has 0 atom stereocenters. The van der Waals surface area contributed by atoms with Crippen molar-refractivity contribution >= 4 is 0 Å². The Morgan fingerprint density at radius 2 is 1.80 bits per heavy atom. The molecule has 0 unspecified atom stereocenters. The second-order valence-corrected chi connectivity index (χ2v) is 2.89. The smallest absolute Gasteiger partial charge is 0.316 e. The predicted molar refractivity (Wildman–Crippen MR) is 53.5 cm³/mol. The van der Waals surface area contributed by atoms with Crippen LogP contribution in [0.4, 0.5) is 0 Å². The van der Waals surface area contributed by atoms with E-state index >= 15 is 0 Å². The minimum Gasteiger partial charge on any atom is -0.506 e. The van der Waals surface area contributed by atoms with Gasteiger partial charge in [-0.05, 0) is 6.07 Å². The molecule has 76 valence electrons. The molecule has 0 bridgehead atoms. The number of nitrogens with zero attached hydrogens (tertiary/aromatic N) is 3. The number of ether oxygens (including phenoxy) is 1. The summed E-state index contributed by atoms with van der Waals surface area (Å²) < 4.78 is 4.84. The van der Waals surface area contributed by atoms with Crippen LogP contribution in [-0.2, 0) is 0 Å². The number of rotatable bonds is 2. The summed E-state index contributed by atoms with van der Waals surface area (Å²) in [5.41, 5.74) is 1.54. The van der Waals surface area contributed by atoms with Gasteiger partial charge < -0.3 is 9.84 Å². The van der Waals surface area contributed by atoms with Gasteiger partial charge in [-0.3, -0.25) is 4.98 Å². The largest absolute Gasteiger partial charge is 0.506 e. The monoisotopic (exact) mass is 203 g/mol. The Balaban J connectivity index is 2.37. The van der Waals surface area contributed by atoms with Gasteiger partial charge >= 0.3 is 6.01 Å². The number of aromatic hydroxyl groups is 1. The van der Waals surface area contributed by atoms with Gasteiger partial charge in [0.2, 0.25) is 0 Å². The second-order valence-electron chi connectivity index (χ2n) is 2.89. The lowest BCUT2D eigenvalue weighted by molar-refractivity contribution is 0.380. The fourth-order valence-corrected chi connectivity index (χ4v) is 1.16. The summed E-state index contributed by atoms with van der Waals surface area (Å²) in [6, 6.07) is 1.91. The Labute approximate surface area is 86.4 Å². The molecule has 5 heteroatoms. The lowest BCUT2D eigenvalue weighted by Gasteiger charge is -2.01. The average molecular weight is 203 g/mol. The molecule has 0 amide bonds. The van der Waals surface area contributed by atoms with Crippen LogP contribution >= 0.6 is 0 Å². The van der Waals surface area contributed by atoms with Crippen molar-refractivity contribution in [2.75, 3.05) is 7.11 Å². The first kappa shape index (κ1) is 9.39. The van der Waals surface area contributed by atoms with E-state index in [0.717, 1.165) is 11.1 Å². The maximum absolute atomic E-state index is 9.25. The van der Waals surface area contributed by atoms with E-state index in [9.17, 15) is 5.11 Å². The summed E-state index contributed by atoms with van der Waals surface area (Å²) in [5, 5.41) is 9.25. The number of pyridine rings is 1. The number of hydrogen-bond donors (Lipinski definition) is 1. The predicted octanol–water partition coefficient (Wildman–Crippen LogP) is 1.25. The number of methoxy groups -OCH3 is 1. The van der Waals surface area contributed by atoms with E-state index in [1.807, 2.05) is 0 Å². The third-order valence-electron chi connectivity index (χ3n) is 1.87. The Morgan fingerprint density at radius 3 is 2.40 bits per heavy atom. The summed E-state index contributed by atoms with van der Waals surface area (Å²) in [5.74, 6) is 0.114. The Hall–Kier alpha value is -2.17. The van der Waals surface area contributed by atoms with Crippen molar-refractivity contribution in [2.24, 2.45) is 0 Å². The first-order valence-corrected chi connectivity index (χ1v) is 4.30. The van der Waals surface area contributed by atoms with Crippen LogP contribution in [0.15, 0.2) is 30.9 Å². The van der Waals surface area contributed by atoms with Gasteiger partial charge in [0.1, 0.15) is 5.75 Å². The normalized spacial score (nSPS) is 9.93. The van der Waals surface area contributed by atoms with Crippen LogP contribution in [0.5, 0.6) is 11.8 Å². The quantitative estimate of drug-likeness (QED) is 0.795. The van der Waals surface area contributed by atoms with Crippen molar-refractivity contribution in [1.82, 2.24) is 15.0 Å². The molecule has 0 radical (unpaired) electrons. The van der Waals surface area contributed by atoms with E-state index in [0.29, 0.717) is 6.01 Å². The maximum Gasteiger partial charge on any atom is 0.316 e. The first-order chi connectivity index (χ1) is 7.29. The van der Waals surface area contributed by atoms with Crippen molar-refractivity contribution in [3.8, 4) is 22.9 Å². The molecule has 0 aliphatic heterocycles. The molecule has 2 aromatic rings. The fourth-order valence-electron chi connectivity index (χ4n) is 1.16. The second kappa shape index (κ2) is 3.91. The van der Waals surface area contributed by atoms with Crippen LogP contribution in [-0.4, -0.2) is 27.2 Å². The maximum atomic E-state index is 9.25. The highest BCUT2D eigenvalue weighted by Crippen LogP contribution is 2.20. The van der Waals surface area contributed by atoms with Gasteiger partial charge in [0.05, 0.1) is 13.3 Å². The molecular formula is C10H9N3O2. The van der Waals surface area contributed by atoms with Crippen LogP contribution < -0.4 is 4.74 Å². The van der Waals surface area contributed by atoms with Crippen molar-refractivity contribution in [3.63, 3.8) is 0 Å². The molecule has 0 aliphatic carbocycles. The van der Waals surface area contributed by atoms with E-state index in [2.05, 4.69) is 15.0 Å². The zero-order chi connectivity index (χ0) is 10.7. The highest BCUT2D eigenvalue weighted by molar-refractivity contribution is 5.61. The lowest BCUT2D eigenvalue weighted by Crippen LogP contribution is -1.91. The van der Waals surface area contributed by atoms with Gasteiger partial charge in [-0.1, -0.05) is 0 Å². The van der Waals surface area contributed by atoms with Crippen molar-refractivity contribution in [2.45, 2.75) is 0 Å². The third-order valence-corrected chi connectivity index (χ3v) is 1.87. The SMILES string of the molecule is COc1ncc(-c2cncc(O)c2)cn1. The molecule has 15 heavy (non-hydrogen) atoms. The summed E-state index contributed by atoms with van der Waals surface area (Å²) in [6.45, 7) is 0. The van der Waals surface area contributed by atoms with Gasteiger partial charge in [0.25, 0.3) is 0 Å². The van der Waals surface area contributed by atoms with E-state index in [4.69, 9.17) is 4.74 Å². The van der Waals surface area contributed by atoms with Gasteiger partial charge in [-0.25, -0.2) is 9.97 Å². The van der Waals surface area contributed by atoms with E-state index in [-0.39, 0.29) is 5.75 Å². The first-order valence-electron chi connectivity index (χ1n) is 4.30. The number of aromatic nitrogens is 3. The van der Waals surface area contributed by atoms with Crippen molar-refractivity contribution in [1.29, 1.82) is 0 Å². The van der Waals surface area contributed by atoms with Crippen molar-refractivity contribution < 1.29 is 9.84 Å². The van der Waals surface area contributed by atoms with Crippen LogP contribution in [0.25, 0.3) is 11.1 Å². The van der Waals surface area contributed by atoms with Crippen molar-refractivity contribution in [3.05, 3.63) is 30.9 Å². The molecule has 0 aromatic carbocycles. The summed E-state index contributed by atoms with van der Waals surface area (Å²) in [6.07, 6.45) is 6.23. The average Bonchev–Trinajstić information content (AvgIpc) is 2.29. The van der Waals surface area contributed by atoms with Crippen LogP contribution in [0.3, 0.4) is 0 Å². The molecule has 0 saturated heterocycles. The molecule has 0 fully saturated rings. The molecule has 2 aromatic heterocycles. The topological polar surface area (TPSA) is 68.1 Å². The Bertz CT molecular complexity index is 456. The van der Waals surface area contributed by atoms with Gasteiger partial charge in [0, 0.05) is 29.7 Å². The Kier molecular flexibility index (Phi) is 2.45. The fraction of sp³-hybridized carbons (Fsp3) is 0.100. The van der Waals surface area contributed by atoms with E-state index < -0.39 is 0 Å². The molecule has 0 aliphatic rings. The minimum absolute atomic E-state index is 0.114. The van der Waals surface area contributed by atoms with Crippen LogP contribution in [0, 0.1) is 0 Å². The molecular weight excluding hydrogens is 194 g/mol. The third kappa shape index (κ3) is 2.01. The van der Waals surface area contributed by atoms with Gasteiger partial charge in [-0.15, -0.1) is 0 Å². The standard InChI is InChI=1S/C10H9N3O2/c1-15-10-12-4-8(5-13-10)7-2-9(14)6-11-3-7/h2-6,14H,1H3. The molecule has 1 N–H and O–H groups in total. The Morgan fingerprint density at radius 1 is 1.07 bits per heavy atom. The zero-order valence-electron chi connectivity index (χ0n) is 8.08. The number of hydrogen-bond acceptors (Lipinski definition) is 5.